The molecule has 0 unspecified atom stereocenters. The average Bonchev–Trinajstić information content (AvgIpc) is 2.87. The molecule has 0 spiro atoms. The van der Waals surface area contributed by atoms with Crippen molar-refractivity contribution in [1.82, 2.24) is 9.97 Å². The van der Waals surface area contributed by atoms with Crippen LogP contribution in [0.25, 0.3) is 22.7 Å². The number of benzene rings is 2. The van der Waals surface area contributed by atoms with E-state index in [0.717, 1.165) is 16.6 Å². The van der Waals surface area contributed by atoms with E-state index in [1.165, 1.54) is 12.1 Å². The summed E-state index contributed by atoms with van der Waals surface area (Å²) in [5.74, 6) is 0.156. The van der Waals surface area contributed by atoms with Gasteiger partial charge in [-0.3, -0.25) is 0 Å². The van der Waals surface area contributed by atoms with Crippen LogP contribution in [0, 0.1) is 24.1 Å². The van der Waals surface area contributed by atoms with E-state index in [2.05, 4.69) is 16.0 Å². The molecule has 2 aromatic carbocycles. The highest BCUT2D eigenvalue weighted by Gasteiger charge is 2.08. The van der Waals surface area contributed by atoms with Crippen molar-refractivity contribution in [2.45, 2.75) is 6.92 Å². The number of aromatic nitrogens is 2. The third kappa shape index (κ3) is 2.67. The van der Waals surface area contributed by atoms with Crippen molar-refractivity contribution < 1.29 is 4.39 Å². The summed E-state index contributed by atoms with van der Waals surface area (Å²) in [6.07, 6.45) is 1.62. The number of hydrogen-bond acceptors (Lipinski definition) is 2. The fourth-order valence-corrected chi connectivity index (χ4v) is 2.17. The quantitative estimate of drug-likeness (QED) is 0.718. The molecule has 3 aromatic rings. The Bertz CT molecular complexity index is 884. The van der Waals surface area contributed by atoms with Gasteiger partial charge in [-0.1, -0.05) is 18.2 Å². The van der Waals surface area contributed by atoms with Crippen molar-refractivity contribution in [2.24, 2.45) is 0 Å². The van der Waals surface area contributed by atoms with Gasteiger partial charge in [0.15, 0.2) is 0 Å². The third-order valence-electron chi connectivity index (χ3n) is 3.17. The molecule has 4 heteroatoms. The highest BCUT2D eigenvalue weighted by molar-refractivity contribution is 5.90. The molecule has 1 heterocycles. The van der Waals surface area contributed by atoms with Crippen molar-refractivity contribution in [2.75, 3.05) is 0 Å². The minimum atomic E-state index is -0.332. The van der Waals surface area contributed by atoms with Gasteiger partial charge in [0.2, 0.25) is 0 Å². The van der Waals surface area contributed by atoms with Crippen LogP contribution in [0.1, 0.15) is 17.0 Å². The van der Waals surface area contributed by atoms with Gasteiger partial charge in [-0.2, -0.15) is 5.26 Å². The van der Waals surface area contributed by atoms with Crippen LogP contribution in [0.5, 0.6) is 0 Å². The summed E-state index contributed by atoms with van der Waals surface area (Å²) in [5, 5.41) is 9.32. The van der Waals surface area contributed by atoms with Crippen LogP contribution in [-0.2, 0) is 0 Å². The molecule has 0 aliphatic heterocycles. The van der Waals surface area contributed by atoms with Crippen molar-refractivity contribution in [3.05, 3.63) is 65.2 Å². The number of allylic oxidation sites excluding steroid dienone is 1. The molecule has 0 radical (unpaired) electrons. The number of halogens is 1. The van der Waals surface area contributed by atoms with E-state index in [1.807, 2.05) is 25.1 Å². The molecule has 3 rings (SSSR count). The lowest BCUT2D eigenvalue weighted by atomic mass is 10.1. The number of imidazole rings is 1. The Hall–Kier alpha value is -2.93. The van der Waals surface area contributed by atoms with Gasteiger partial charge in [0.05, 0.1) is 16.6 Å². The Kier molecular flexibility index (Phi) is 3.25. The number of rotatable bonds is 2. The van der Waals surface area contributed by atoms with Crippen LogP contribution in [0.15, 0.2) is 42.5 Å². The Balaban J connectivity index is 2.08. The molecule has 0 aliphatic rings. The zero-order valence-electron chi connectivity index (χ0n) is 11.4. The molecule has 0 fully saturated rings. The summed E-state index contributed by atoms with van der Waals surface area (Å²) < 4.78 is 13.2. The van der Waals surface area contributed by atoms with Gasteiger partial charge in [0.1, 0.15) is 17.7 Å². The minimum absolute atomic E-state index is 0.332. The Labute approximate surface area is 121 Å². The zero-order chi connectivity index (χ0) is 14.8. The molecular weight excluding hydrogens is 265 g/mol. The summed E-state index contributed by atoms with van der Waals surface area (Å²) in [5.41, 5.74) is 3.80. The SMILES string of the molecule is Cc1ccc2nc(C(C#N)=Cc3cccc(F)c3)[nH]c2c1. The summed E-state index contributed by atoms with van der Waals surface area (Å²) in [4.78, 5) is 7.53. The number of aryl methyl sites for hydroxylation is 1. The van der Waals surface area contributed by atoms with Crippen LogP contribution in [0.3, 0.4) is 0 Å². The van der Waals surface area contributed by atoms with Crippen molar-refractivity contribution >= 4 is 22.7 Å². The van der Waals surface area contributed by atoms with Gasteiger partial charge < -0.3 is 4.98 Å². The smallest absolute Gasteiger partial charge is 0.149 e. The number of nitrogens with one attached hydrogen (secondary N) is 1. The summed E-state index contributed by atoms with van der Waals surface area (Å²) in [6, 6.07) is 14.1. The molecule has 0 aliphatic carbocycles. The van der Waals surface area contributed by atoms with Crippen LogP contribution in [0.4, 0.5) is 4.39 Å². The summed E-state index contributed by atoms with van der Waals surface area (Å²) >= 11 is 0. The number of nitriles is 1. The fourth-order valence-electron chi connectivity index (χ4n) is 2.17. The minimum Gasteiger partial charge on any atom is -0.337 e. The van der Waals surface area contributed by atoms with E-state index in [-0.39, 0.29) is 5.82 Å². The molecule has 0 saturated heterocycles. The van der Waals surface area contributed by atoms with Gasteiger partial charge in [0, 0.05) is 0 Å². The standard InChI is InChI=1S/C17H12FN3/c1-11-5-6-15-16(7-11)21-17(20-15)13(10-19)8-12-3-2-4-14(18)9-12/h2-9H,1H3,(H,20,21). The maximum atomic E-state index is 13.2. The normalized spacial score (nSPS) is 11.6. The highest BCUT2D eigenvalue weighted by atomic mass is 19.1. The topological polar surface area (TPSA) is 52.5 Å². The first-order valence-electron chi connectivity index (χ1n) is 6.50. The molecular formula is C17H12FN3. The third-order valence-corrected chi connectivity index (χ3v) is 3.17. The van der Waals surface area contributed by atoms with E-state index >= 15 is 0 Å². The lowest BCUT2D eigenvalue weighted by Crippen LogP contribution is -1.85. The molecule has 1 N–H and O–H groups in total. The van der Waals surface area contributed by atoms with E-state index in [4.69, 9.17) is 0 Å². The van der Waals surface area contributed by atoms with E-state index < -0.39 is 0 Å². The van der Waals surface area contributed by atoms with Gasteiger partial charge in [-0.05, 0) is 48.4 Å². The first-order valence-corrected chi connectivity index (χ1v) is 6.50. The molecule has 21 heavy (non-hydrogen) atoms. The Morgan fingerprint density at radius 3 is 2.90 bits per heavy atom. The molecule has 102 valence electrons. The predicted molar refractivity (Wildman–Crippen MR) is 80.7 cm³/mol. The van der Waals surface area contributed by atoms with Crippen LogP contribution in [-0.4, -0.2) is 9.97 Å². The average molecular weight is 277 g/mol. The molecule has 0 saturated carbocycles. The molecule has 0 atom stereocenters. The number of fused-ring (bicyclic) bond motifs is 1. The fraction of sp³-hybridized carbons (Fsp3) is 0.0588. The second-order valence-electron chi connectivity index (χ2n) is 4.83. The van der Waals surface area contributed by atoms with Crippen LogP contribution >= 0.6 is 0 Å². The number of hydrogen-bond donors (Lipinski definition) is 1. The first kappa shape index (κ1) is 13.1. The number of H-pyrrole nitrogens is 1. The second kappa shape index (κ2) is 5.22. The summed E-state index contributed by atoms with van der Waals surface area (Å²) in [6.45, 7) is 1.99. The van der Waals surface area contributed by atoms with Gasteiger partial charge >= 0.3 is 0 Å². The van der Waals surface area contributed by atoms with Crippen LogP contribution < -0.4 is 0 Å². The van der Waals surface area contributed by atoms with E-state index in [1.54, 1.807) is 18.2 Å². The molecule has 0 bridgehead atoms. The monoisotopic (exact) mass is 277 g/mol. The second-order valence-corrected chi connectivity index (χ2v) is 4.83. The van der Waals surface area contributed by atoms with Crippen molar-refractivity contribution in [3.8, 4) is 6.07 Å². The lowest BCUT2D eigenvalue weighted by Gasteiger charge is -1.96. The maximum absolute atomic E-state index is 13.2. The van der Waals surface area contributed by atoms with E-state index in [9.17, 15) is 9.65 Å². The molecule has 3 nitrogen and oxygen atoms in total. The number of aromatic amines is 1. The zero-order valence-corrected chi connectivity index (χ0v) is 11.4. The highest BCUT2D eigenvalue weighted by Crippen LogP contribution is 2.20. The maximum Gasteiger partial charge on any atom is 0.149 e. The first-order chi connectivity index (χ1) is 10.2. The van der Waals surface area contributed by atoms with E-state index in [0.29, 0.717) is 17.0 Å². The molecule has 1 aromatic heterocycles. The van der Waals surface area contributed by atoms with Gasteiger partial charge in [0.25, 0.3) is 0 Å². The summed E-state index contributed by atoms with van der Waals surface area (Å²) in [7, 11) is 0. The molecule has 0 amide bonds. The Morgan fingerprint density at radius 1 is 1.29 bits per heavy atom. The van der Waals surface area contributed by atoms with Crippen molar-refractivity contribution in [1.29, 1.82) is 5.26 Å². The van der Waals surface area contributed by atoms with Crippen molar-refractivity contribution in [3.63, 3.8) is 0 Å². The van der Waals surface area contributed by atoms with Crippen LogP contribution in [0.2, 0.25) is 0 Å². The number of nitrogens with zero attached hydrogens (tertiary/aromatic N) is 2. The largest absolute Gasteiger partial charge is 0.337 e. The van der Waals surface area contributed by atoms with Gasteiger partial charge in [-0.25, -0.2) is 9.37 Å². The lowest BCUT2D eigenvalue weighted by molar-refractivity contribution is 0.627. The van der Waals surface area contributed by atoms with Gasteiger partial charge in [-0.15, -0.1) is 0 Å². The predicted octanol–water partition coefficient (Wildman–Crippen LogP) is 4.07. The Morgan fingerprint density at radius 2 is 2.14 bits per heavy atom.